The number of H-pyrrole nitrogens is 1. The molecule has 3 heteroatoms. The van der Waals surface area contributed by atoms with Gasteiger partial charge in [0.05, 0.1) is 0 Å². The standard InChI is InChI=1S/C12H14N2.ClH/c1-8-2-3-9-10-7-13-5-4-11(10)14-12(9)6-8;/h2-3,6,13-14H,4-5,7H2,1H3;1H. The summed E-state index contributed by atoms with van der Waals surface area (Å²) in [6.45, 7) is 4.24. The zero-order chi connectivity index (χ0) is 9.54. The Hall–Kier alpha value is -0.990. The number of aromatic amines is 1. The number of hydrogen-bond acceptors (Lipinski definition) is 1. The Labute approximate surface area is 95.5 Å². The Morgan fingerprint density at radius 2 is 2.13 bits per heavy atom. The van der Waals surface area contributed by atoms with Crippen LogP contribution in [0.2, 0.25) is 0 Å². The van der Waals surface area contributed by atoms with Crippen LogP contribution in [0.1, 0.15) is 16.8 Å². The third-order valence-corrected chi connectivity index (χ3v) is 3.00. The number of aryl methyl sites for hydroxylation is 1. The largest absolute Gasteiger partial charge is 0.358 e. The van der Waals surface area contributed by atoms with Crippen molar-refractivity contribution in [3.05, 3.63) is 35.0 Å². The average Bonchev–Trinajstić information content (AvgIpc) is 2.54. The molecule has 0 atom stereocenters. The summed E-state index contributed by atoms with van der Waals surface area (Å²) >= 11 is 0. The van der Waals surface area contributed by atoms with E-state index in [9.17, 15) is 0 Å². The van der Waals surface area contributed by atoms with Crippen LogP contribution in [0.25, 0.3) is 10.9 Å². The molecule has 0 radical (unpaired) electrons. The molecule has 3 rings (SSSR count). The Kier molecular flexibility index (Phi) is 2.72. The molecule has 0 unspecified atom stereocenters. The summed E-state index contributed by atoms with van der Waals surface area (Å²) in [6.07, 6.45) is 1.13. The van der Waals surface area contributed by atoms with Crippen LogP contribution in [0, 0.1) is 6.92 Å². The molecule has 1 aromatic heterocycles. The van der Waals surface area contributed by atoms with Crippen LogP contribution < -0.4 is 5.32 Å². The first-order valence-corrected chi connectivity index (χ1v) is 5.15. The maximum atomic E-state index is 3.52. The molecule has 0 spiro atoms. The Bertz CT molecular complexity index is 488. The maximum absolute atomic E-state index is 3.52. The van der Waals surface area contributed by atoms with Crippen LogP contribution in [0.5, 0.6) is 0 Å². The van der Waals surface area contributed by atoms with Crippen molar-refractivity contribution in [1.82, 2.24) is 10.3 Å². The van der Waals surface area contributed by atoms with E-state index < -0.39 is 0 Å². The first-order chi connectivity index (χ1) is 6.84. The Morgan fingerprint density at radius 3 is 3.00 bits per heavy atom. The summed E-state index contributed by atoms with van der Waals surface area (Å²) in [5, 5.41) is 4.80. The van der Waals surface area contributed by atoms with E-state index in [4.69, 9.17) is 0 Å². The minimum absolute atomic E-state index is 0. The van der Waals surface area contributed by atoms with Gasteiger partial charge in [0.15, 0.2) is 0 Å². The highest BCUT2D eigenvalue weighted by atomic mass is 35.5. The van der Waals surface area contributed by atoms with Crippen molar-refractivity contribution in [2.24, 2.45) is 0 Å². The van der Waals surface area contributed by atoms with Gasteiger partial charge in [-0.3, -0.25) is 0 Å². The van der Waals surface area contributed by atoms with Crippen molar-refractivity contribution in [2.75, 3.05) is 6.54 Å². The molecule has 1 aromatic carbocycles. The molecule has 2 N–H and O–H groups in total. The van der Waals surface area contributed by atoms with E-state index in [-0.39, 0.29) is 12.4 Å². The quantitative estimate of drug-likeness (QED) is 0.705. The monoisotopic (exact) mass is 222 g/mol. The molecule has 0 bridgehead atoms. The van der Waals surface area contributed by atoms with Crippen LogP contribution in [0.4, 0.5) is 0 Å². The fraction of sp³-hybridized carbons (Fsp3) is 0.333. The summed E-state index contributed by atoms with van der Waals surface area (Å²) < 4.78 is 0. The van der Waals surface area contributed by atoms with Gasteiger partial charge in [0.2, 0.25) is 0 Å². The first-order valence-electron chi connectivity index (χ1n) is 5.15. The highest BCUT2D eigenvalue weighted by Gasteiger charge is 2.14. The predicted molar refractivity (Wildman–Crippen MR) is 65.7 cm³/mol. The Balaban J connectivity index is 0.000000853. The molecule has 2 heterocycles. The van der Waals surface area contributed by atoms with E-state index >= 15 is 0 Å². The van der Waals surface area contributed by atoms with Gasteiger partial charge in [0.1, 0.15) is 0 Å². The van der Waals surface area contributed by atoms with Crippen molar-refractivity contribution in [1.29, 1.82) is 0 Å². The summed E-state index contributed by atoms with van der Waals surface area (Å²) in [5.41, 5.74) is 5.50. The minimum Gasteiger partial charge on any atom is -0.358 e. The molecular weight excluding hydrogens is 208 g/mol. The number of fused-ring (bicyclic) bond motifs is 3. The van der Waals surface area contributed by atoms with Gasteiger partial charge in [-0.05, 0) is 24.1 Å². The van der Waals surface area contributed by atoms with Crippen molar-refractivity contribution < 1.29 is 0 Å². The van der Waals surface area contributed by atoms with Gasteiger partial charge in [0, 0.05) is 36.1 Å². The van der Waals surface area contributed by atoms with E-state index in [2.05, 4.69) is 35.4 Å². The maximum Gasteiger partial charge on any atom is 0.0462 e. The summed E-state index contributed by atoms with van der Waals surface area (Å²) in [5.74, 6) is 0. The van der Waals surface area contributed by atoms with Crippen molar-refractivity contribution >= 4 is 23.3 Å². The van der Waals surface area contributed by atoms with Gasteiger partial charge in [0.25, 0.3) is 0 Å². The second-order valence-electron chi connectivity index (χ2n) is 4.06. The molecule has 15 heavy (non-hydrogen) atoms. The number of hydrogen-bond donors (Lipinski definition) is 2. The molecule has 0 aliphatic carbocycles. The molecule has 0 saturated heterocycles. The molecule has 2 nitrogen and oxygen atoms in total. The van der Waals surface area contributed by atoms with E-state index in [1.54, 1.807) is 0 Å². The second kappa shape index (κ2) is 3.87. The number of aromatic nitrogens is 1. The first kappa shape index (κ1) is 10.5. The van der Waals surface area contributed by atoms with E-state index in [1.165, 1.54) is 27.7 Å². The second-order valence-corrected chi connectivity index (χ2v) is 4.06. The topological polar surface area (TPSA) is 27.8 Å². The lowest BCUT2D eigenvalue weighted by Gasteiger charge is -2.12. The van der Waals surface area contributed by atoms with Crippen LogP contribution >= 0.6 is 12.4 Å². The average molecular weight is 223 g/mol. The molecule has 80 valence electrons. The van der Waals surface area contributed by atoms with Gasteiger partial charge in [-0.1, -0.05) is 12.1 Å². The number of benzene rings is 1. The zero-order valence-corrected chi connectivity index (χ0v) is 9.58. The number of halogens is 1. The van der Waals surface area contributed by atoms with Crippen LogP contribution in [-0.4, -0.2) is 11.5 Å². The molecular formula is C12H15ClN2. The van der Waals surface area contributed by atoms with E-state index in [1.807, 2.05) is 0 Å². The summed E-state index contributed by atoms with van der Waals surface area (Å²) in [6, 6.07) is 6.64. The van der Waals surface area contributed by atoms with E-state index in [0.717, 1.165) is 19.5 Å². The highest BCUT2D eigenvalue weighted by molar-refractivity contribution is 5.85. The normalized spacial score (nSPS) is 14.7. The molecule has 0 fully saturated rings. The van der Waals surface area contributed by atoms with E-state index in [0.29, 0.717) is 0 Å². The molecule has 1 aliphatic heterocycles. The molecule has 0 saturated carbocycles. The van der Waals surface area contributed by atoms with Gasteiger partial charge in [-0.25, -0.2) is 0 Å². The third-order valence-electron chi connectivity index (χ3n) is 3.00. The summed E-state index contributed by atoms with van der Waals surface area (Å²) in [4.78, 5) is 3.52. The molecule has 0 amide bonds. The van der Waals surface area contributed by atoms with Gasteiger partial charge in [-0.15, -0.1) is 12.4 Å². The Morgan fingerprint density at radius 1 is 1.27 bits per heavy atom. The summed E-state index contributed by atoms with van der Waals surface area (Å²) in [7, 11) is 0. The highest BCUT2D eigenvalue weighted by Crippen LogP contribution is 2.25. The van der Waals surface area contributed by atoms with Crippen LogP contribution in [-0.2, 0) is 13.0 Å². The smallest absolute Gasteiger partial charge is 0.0462 e. The van der Waals surface area contributed by atoms with Crippen molar-refractivity contribution in [3.63, 3.8) is 0 Å². The van der Waals surface area contributed by atoms with Crippen molar-refractivity contribution in [2.45, 2.75) is 19.9 Å². The number of nitrogens with one attached hydrogen (secondary N) is 2. The van der Waals surface area contributed by atoms with Crippen LogP contribution in [0.15, 0.2) is 18.2 Å². The minimum atomic E-state index is 0. The van der Waals surface area contributed by atoms with Gasteiger partial charge < -0.3 is 10.3 Å². The molecule has 2 aromatic rings. The lowest BCUT2D eigenvalue weighted by molar-refractivity contribution is 0.641. The van der Waals surface area contributed by atoms with Gasteiger partial charge >= 0.3 is 0 Å². The SMILES string of the molecule is Cc1ccc2c3c([nH]c2c1)CCNC3.Cl. The molecule has 1 aliphatic rings. The van der Waals surface area contributed by atoms with Gasteiger partial charge in [-0.2, -0.15) is 0 Å². The third kappa shape index (κ3) is 1.64. The number of rotatable bonds is 0. The van der Waals surface area contributed by atoms with Crippen LogP contribution in [0.3, 0.4) is 0 Å². The lowest BCUT2D eigenvalue weighted by Crippen LogP contribution is -2.22. The fourth-order valence-electron chi connectivity index (χ4n) is 2.27. The fourth-order valence-corrected chi connectivity index (χ4v) is 2.27. The van der Waals surface area contributed by atoms with Crippen molar-refractivity contribution in [3.8, 4) is 0 Å². The zero-order valence-electron chi connectivity index (χ0n) is 8.76. The lowest BCUT2D eigenvalue weighted by atomic mass is 10.1. The predicted octanol–water partition coefficient (Wildman–Crippen LogP) is 2.54.